The van der Waals surface area contributed by atoms with Crippen LogP contribution in [0.2, 0.25) is 0 Å². The standard InChI is InChI=1S/C19H28FN3O2.ClH/c1-13(2)17(22-18(24)15-6-4-5-7-16(15)20)19(25)23-10-8-14(9-11-23)12-21-3;/h4-7,13-14,17,21H,8-12H2,1-3H3,(H,22,24);1H. The van der Waals surface area contributed by atoms with E-state index in [1.807, 2.05) is 25.8 Å². The average molecular weight is 386 g/mol. The summed E-state index contributed by atoms with van der Waals surface area (Å²) in [7, 11) is 1.94. The molecule has 0 radical (unpaired) electrons. The number of likely N-dealkylation sites (tertiary alicyclic amines) is 1. The Bertz CT molecular complexity index is 604. The van der Waals surface area contributed by atoms with Gasteiger partial charge in [-0.2, -0.15) is 0 Å². The van der Waals surface area contributed by atoms with Gasteiger partial charge in [0.05, 0.1) is 5.56 Å². The third kappa shape index (κ3) is 5.68. The molecule has 1 aromatic rings. The summed E-state index contributed by atoms with van der Waals surface area (Å²) in [6, 6.07) is 5.17. The summed E-state index contributed by atoms with van der Waals surface area (Å²) in [5, 5.41) is 5.90. The molecule has 146 valence electrons. The molecule has 0 spiro atoms. The van der Waals surface area contributed by atoms with E-state index >= 15 is 0 Å². The maximum Gasteiger partial charge on any atom is 0.254 e. The summed E-state index contributed by atoms with van der Waals surface area (Å²) >= 11 is 0. The monoisotopic (exact) mass is 385 g/mol. The number of nitrogens with zero attached hydrogens (tertiary/aromatic N) is 1. The average Bonchev–Trinajstić information content (AvgIpc) is 2.60. The van der Waals surface area contributed by atoms with Crippen LogP contribution in [0.5, 0.6) is 0 Å². The fraction of sp³-hybridized carbons (Fsp3) is 0.579. The van der Waals surface area contributed by atoms with E-state index in [-0.39, 0.29) is 29.8 Å². The first-order valence-electron chi connectivity index (χ1n) is 8.92. The number of benzene rings is 1. The van der Waals surface area contributed by atoms with Gasteiger partial charge in [0.2, 0.25) is 5.91 Å². The van der Waals surface area contributed by atoms with Crippen LogP contribution in [-0.4, -0.2) is 49.4 Å². The lowest BCUT2D eigenvalue weighted by molar-refractivity contribution is -0.135. The zero-order chi connectivity index (χ0) is 18.4. The number of halogens is 2. The van der Waals surface area contributed by atoms with Crippen LogP contribution in [0, 0.1) is 17.7 Å². The van der Waals surface area contributed by atoms with E-state index < -0.39 is 17.8 Å². The molecule has 2 N–H and O–H groups in total. The quantitative estimate of drug-likeness (QED) is 0.790. The zero-order valence-corrected chi connectivity index (χ0v) is 16.4. The van der Waals surface area contributed by atoms with Crippen LogP contribution >= 0.6 is 12.4 Å². The minimum absolute atomic E-state index is 0. The maximum absolute atomic E-state index is 13.8. The van der Waals surface area contributed by atoms with Crippen molar-refractivity contribution in [3.8, 4) is 0 Å². The number of rotatable bonds is 6. The van der Waals surface area contributed by atoms with Gasteiger partial charge >= 0.3 is 0 Å². The lowest BCUT2D eigenvalue weighted by atomic mass is 9.95. The second-order valence-electron chi connectivity index (χ2n) is 7.00. The van der Waals surface area contributed by atoms with Gasteiger partial charge < -0.3 is 15.5 Å². The molecule has 2 amide bonds. The van der Waals surface area contributed by atoms with Gasteiger partial charge in [0, 0.05) is 13.1 Å². The molecule has 1 atom stereocenters. The maximum atomic E-state index is 13.8. The van der Waals surface area contributed by atoms with Gasteiger partial charge in [-0.05, 0) is 50.4 Å². The highest BCUT2D eigenvalue weighted by Crippen LogP contribution is 2.19. The number of amides is 2. The third-order valence-electron chi connectivity index (χ3n) is 4.76. The van der Waals surface area contributed by atoms with Gasteiger partial charge in [-0.15, -0.1) is 12.4 Å². The molecule has 1 aliphatic rings. The molecule has 0 saturated carbocycles. The van der Waals surface area contributed by atoms with E-state index in [4.69, 9.17) is 0 Å². The summed E-state index contributed by atoms with van der Waals surface area (Å²) < 4.78 is 13.8. The number of hydrogen-bond acceptors (Lipinski definition) is 3. The zero-order valence-electron chi connectivity index (χ0n) is 15.6. The van der Waals surface area contributed by atoms with Gasteiger partial charge in [-0.1, -0.05) is 26.0 Å². The lowest BCUT2D eigenvalue weighted by Crippen LogP contribution is -2.53. The molecule has 1 unspecified atom stereocenters. The van der Waals surface area contributed by atoms with Crippen LogP contribution in [0.3, 0.4) is 0 Å². The van der Waals surface area contributed by atoms with Gasteiger partial charge in [0.25, 0.3) is 5.91 Å². The van der Waals surface area contributed by atoms with Gasteiger partial charge in [0.15, 0.2) is 0 Å². The van der Waals surface area contributed by atoms with E-state index in [0.717, 1.165) is 19.4 Å². The molecule has 0 aromatic heterocycles. The van der Waals surface area contributed by atoms with Crippen LogP contribution in [0.4, 0.5) is 4.39 Å². The van der Waals surface area contributed by atoms with Crippen LogP contribution in [0.15, 0.2) is 24.3 Å². The van der Waals surface area contributed by atoms with Crippen LogP contribution in [0.25, 0.3) is 0 Å². The number of carbonyl (C=O) groups excluding carboxylic acids is 2. The Morgan fingerprint density at radius 1 is 1.23 bits per heavy atom. The first kappa shape index (κ1) is 22.4. The molecule has 1 aliphatic heterocycles. The molecule has 5 nitrogen and oxygen atoms in total. The number of carbonyl (C=O) groups is 2. The van der Waals surface area contributed by atoms with Crippen molar-refractivity contribution >= 4 is 24.2 Å². The van der Waals surface area contributed by atoms with Crippen molar-refractivity contribution in [1.82, 2.24) is 15.5 Å². The van der Waals surface area contributed by atoms with E-state index in [0.29, 0.717) is 19.0 Å². The Kier molecular flexibility index (Phi) is 9.02. The van der Waals surface area contributed by atoms with Crippen molar-refractivity contribution in [1.29, 1.82) is 0 Å². The van der Waals surface area contributed by atoms with Crippen molar-refractivity contribution in [2.45, 2.75) is 32.7 Å². The van der Waals surface area contributed by atoms with E-state index in [2.05, 4.69) is 10.6 Å². The largest absolute Gasteiger partial charge is 0.341 e. The SMILES string of the molecule is CNCC1CCN(C(=O)C(NC(=O)c2ccccc2F)C(C)C)CC1.Cl. The molecule has 1 saturated heterocycles. The highest BCUT2D eigenvalue weighted by molar-refractivity contribution is 5.97. The van der Waals surface area contributed by atoms with Crippen molar-refractivity contribution in [2.24, 2.45) is 11.8 Å². The number of piperidine rings is 1. The molecule has 7 heteroatoms. The first-order chi connectivity index (χ1) is 11.9. The minimum atomic E-state index is -0.645. The van der Waals surface area contributed by atoms with E-state index in [1.54, 1.807) is 6.07 Å². The van der Waals surface area contributed by atoms with E-state index in [1.165, 1.54) is 18.2 Å². The fourth-order valence-electron chi connectivity index (χ4n) is 3.22. The van der Waals surface area contributed by atoms with Gasteiger partial charge in [0.1, 0.15) is 11.9 Å². The predicted molar refractivity (Wildman–Crippen MR) is 103 cm³/mol. The predicted octanol–water partition coefficient (Wildman–Crippen LogP) is 2.46. The second-order valence-corrected chi connectivity index (χ2v) is 7.00. The summed E-state index contributed by atoms with van der Waals surface area (Å²) in [6.45, 7) is 6.13. The molecule has 1 heterocycles. The van der Waals surface area contributed by atoms with Crippen molar-refractivity contribution < 1.29 is 14.0 Å². The molecular weight excluding hydrogens is 357 g/mol. The number of hydrogen-bond donors (Lipinski definition) is 2. The smallest absolute Gasteiger partial charge is 0.254 e. The van der Waals surface area contributed by atoms with Crippen LogP contribution in [-0.2, 0) is 4.79 Å². The van der Waals surface area contributed by atoms with Crippen LogP contribution < -0.4 is 10.6 Å². The van der Waals surface area contributed by atoms with Crippen molar-refractivity contribution in [3.05, 3.63) is 35.6 Å². The Balaban J connectivity index is 0.00000338. The molecule has 26 heavy (non-hydrogen) atoms. The fourth-order valence-corrected chi connectivity index (χ4v) is 3.22. The molecule has 1 aromatic carbocycles. The van der Waals surface area contributed by atoms with Crippen molar-refractivity contribution in [2.75, 3.05) is 26.7 Å². The molecule has 2 rings (SSSR count). The first-order valence-corrected chi connectivity index (χ1v) is 8.92. The summed E-state index contributed by atoms with van der Waals surface area (Å²) in [6.07, 6.45) is 1.91. The Morgan fingerprint density at radius 3 is 2.38 bits per heavy atom. The highest BCUT2D eigenvalue weighted by Gasteiger charge is 2.31. The van der Waals surface area contributed by atoms with Gasteiger partial charge in [-0.3, -0.25) is 9.59 Å². The van der Waals surface area contributed by atoms with Crippen molar-refractivity contribution in [3.63, 3.8) is 0 Å². The highest BCUT2D eigenvalue weighted by atomic mass is 35.5. The lowest BCUT2D eigenvalue weighted by Gasteiger charge is -2.35. The molecule has 1 fully saturated rings. The Hall–Kier alpha value is -1.66. The summed E-state index contributed by atoms with van der Waals surface area (Å²) in [4.78, 5) is 27.1. The Labute approximate surface area is 161 Å². The van der Waals surface area contributed by atoms with Gasteiger partial charge in [-0.25, -0.2) is 4.39 Å². The number of nitrogens with one attached hydrogen (secondary N) is 2. The summed E-state index contributed by atoms with van der Waals surface area (Å²) in [5.41, 5.74) is -0.0336. The molecule has 0 bridgehead atoms. The third-order valence-corrected chi connectivity index (χ3v) is 4.76. The molecular formula is C19H29ClFN3O2. The molecule has 0 aliphatic carbocycles. The van der Waals surface area contributed by atoms with E-state index in [9.17, 15) is 14.0 Å². The Morgan fingerprint density at radius 2 is 1.85 bits per heavy atom. The topological polar surface area (TPSA) is 61.4 Å². The minimum Gasteiger partial charge on any atom is -0.341 e. The normalized spacial score (nSPS) is 16.1. The summed E-state index contributed by atoms with van der Waals surface area (Å²) in [5.74, 6) is -0.696. The van der Waals surface area contributed by atoms with Crippen LogP contribution in [0.1, 0.15) is 37.0 Å². The second kappa shape index (κ2) is 10.5.